The number of nitrogens with two attached hydrogens (primary N) is 1. The van der Waals surface area contributed by atoms with Crippen LogP contribution in [0.1, 0.15) is 0 Å². The molecule has 0 aromatic heterocycles. The third kappa shape index (κ3) is 2.81. The van der Waals surface area contributed by atoms with E-state index in [2.05, 4.69) is 0 Å². The summed E-state index contributed by atoms with van der Waals surface area (Å²) < 4.78 is 32.0. The molecule has 2 aromatic carbocycles. The number of nitrogens with zero attached hydrogens (tertiary/aromatic N) is 1. The van der Waals surface area contributed by atoms with Gasteiger partial charge in [-0.15, -0.1) is 0 Å². The number of benzene rings is 2. The number of carbonyl (C=O) groups is 1. The van der Waals surface area contributed by atoms with E-state index >= 15 is 0 Å². The number of rotatable bonds is 4. The Morgan fingerprint density at radius 1 is 1.38 bits per heavy atom. The average Bonchev–Trinajstić information content (AvgIpc) is 2.78. The maximum absolute atomic E-state index is 12.0. The van der Waals surface area contributed by atoms with Gasteiger partial charge in [0, 0.05) is 11.9 Å². The van der Waals surface area contributed by atoms with E-state index in [9.17, 15) is 18.3 Å². The van der Waals surface area contributed by atoms with Gasteiger partial charge < -0.3 is 15.6 Å². The highest BCUT2D eigenvalue weighted by molar-refractivity contribution is 7.92. The van der Waals surface area contributed by atoms with E-state index in [1.807, 2.05) is 4.72 Å². The molecule has 0 radical (unpaired) electrons. The lowest BCUT2D eigenvalue weighted by Crippen LogP contribution is -2.29. The first-order valence-electron chi connectivity index (χ1n) is 6.95. The highest BCUT2D eigenvalue weighted by Crippen LogP contribution is 2.43. The van der Waals surface area contributed by atoms with Gasteiger partial charge in [0.1, 0.15) is 30.3 Å². The van der Waals surface area contributed by atoms with Crippen molar-refractivity contribution < 1.29 is 23.1 Å². The van der Waals surface area contributed by atoms with Crippen LogP contribution in [0.5, 0.6) is 11.5 Å². The van der Waals surface area contributed by atoms with Crippen molar-refractivity contribution in [1.82, 2.24) is 4.72 Å². The number of amides is 1. The third-order valence-corrected chi connectivity index (χ3v) is 5.22. The summed E-state index contributed by atoms with van der Waals surface area (Å²) in [6.45, 7) is 0.198. The van der Waals surface area contributed by atoms with E-state index < -0.39 is 22.7 Å². The van der Waals surface area contributed by atoms with Gasteiger partial charge in [-0.2, -0.15) is 8.42 Å². The SMILES string of the molecule is NCCOc1ccc2cc(O)c(N3CC(=O)NS3(=O)=O)c(Cl)c2c1. The number of halogens is 1. The summed E-state index contributed by atoms with van der Waals surface area (Å²) >= 11 is 6.32. The van der Waals surface area contributed by atoms with Gasteiger partial charge >= 0.3 is 10.2 Å². The fourth-order valence-corrected chi connectivity index (χ4v) is 4.04. The summed E-state index contributed by atoms with van der Waals surface area (Å²) in [4.78, 5) is 11.4. The van der Waals surface area contributed by atoms with E-state index in [0.29, 0.717) is 29.7 Å². The second-order valence-electron chi connectivity index (χ2n) is 5.12. The summed E-state index contributed by atoms with van der Waals surface area (Å²) in [5.41, 5.74) is 5.24. The van der Waals surface area contributed by atoms with Crippen molar-refractivity contribution >= 4 is 44.2 Å². The molecule has 0 aliphatic carbocycles. The highest BCUT2D eigenvalue weighted by Gasteiger charge is 2.37. The van der Waals surface area contributed by atoms with Crippen molar-refractivity contribution in [3.05, 3.63) is 29.3 Å². The monoisotopic (exact) mass is 371 g/mol. The number of nitrogens with one attached hydrogen (secondary N) is 1. The Labute approximate surface area is 142 Å². The van der Waals surface area contributed by atoms with Crippen LogP contribution in [0.4, 0.5) is 5.69 Å². The lowest BCUT2D eigenvalue weighted by atomic mass is 10.1. The molecule has 3 rings (SSSR count). The molecule has 2 aromatic rings. The van der Waals surface area contributed by atoms with Crippen LogP contribution in [0.2, 0.25) is 5.02 Å². The van der Waals surface area contributed by atoms with Gasteiger partial charge in [-0.25, -0.2) is 9.03 Å². The van der Waals surface area contributed by atoms with Crippen molar-refractivity contribution in [3.8, 4) is 11.5 Å². The van der Waals surface area contributed by atoms with E-state index in [4.69, 9.17) is 22.1 Å². The molecule has 1 saturated heterocycles. The van der Waals surface area contributed by atoms with Crippen LogP contribution in [-0.2, 0) is 15.0 Å². The number of phenolic OH excluding ortho intramolecular Hbond substituents is 1. The fraction of sp³-hybridized carbons (Fsp3) is 0.214. The second kappa shape index (κ2) is 6.00. The van der Waals surface area contributed by atoms with Gasteiger partial charge in [-0.05, 0) is 23.6 Å². The van der Waals surface area contributed by atoms with Gasteiger partial charge in [-0.1, -0.05) is 17.7 Å². The molecule has 128 valence electrons. The number of fused-ring (bicyclic) bond motifs is 1. The molecule has 0 unspecified atom stereocenters. The van der Waals surface area contributed by atoms with Gasteiger partial charge in [0.05, 0.1) is 5.02 Å². The van der Waals surface area contributed by atoms with Gasteiger partial charge in [0.15, 0.2) is 0 Å². The van der Waals surface area contributed by atoms with Gasteiger partial charge in [0.25, 0.3) is 5.91 Å². The Morgan fingerprint density at radius 2 is 2.12 bits per heavy atom. The minimum absolute atomic E-state index is 0.00303. The Balaban J connectivity index is 2.16. The molecule has 4 N–H and O–H groups in total. The molecule has 0 saturated carbocycles. The smallest absolute Gasteiger partial charge is 0.326 e. The molecule has 1 amide bonds. The zero-order valence-electron chi connectivity index (χ0n) is 12.3. The Bertz CT molecular complexity index is 932. The van der Waals surface area contributed by atoms with E-state index in [1.54, 1.807) is 18.2 Å². The molecule has 1 aliphatic heterocycles. The largest absolute Gasteiger partial charge is 0.506 e. The van der Waals surface area contributed by atoms with Crippen molar-refractivity contribution in [2.75, 3.05) is 24.0 Å². The average molecular weight is 372 g/mol. The van der Waals surface area contributed by atoms with Crippen LogP contribution in [0.25, 0.3) is 10.8 Å². The van der Waals surface area contributed by atoms with Crippen LogP contribution >= 0.6 is 11.6 Å². The van der Waals surface area contributed by atoms with Crippen LogP contribution in [0.15, 0.2) is 24.3 Å². The highest BCUT2D eigenvalue weighted by atomic mass is 35.5. The van der Waals surface area contributed by atoms with Crippen LogP contribution in [-0.4, -0.2) is 39.1 Å². The Hall–Kier alpha value is -2.23. The van der Waals surface area contributed by atoms with Crippen LogP contribution in [0.3, 0.4) is 0 Å². The molecule has 1 aliphatic rings. The zero-order chi connectivity index (χ0) is 17.5. The van der Waals surface area contributed by atoms with Crippen LogP contribution < -0.4 is 19.5 Å². The number of anilines is 1. The van der Waals surface area contributed by atoms with Crippen LogP contribution in [0, 0.1) is 0 Å². The van der Waals surface area contributed by atoms with Crippen molar-refractivity contribution in [1.29, 1.82) is 0 Å². The minimum Gasteiger partial charge on any atom is -0.506 e. The normalized spacial score (nSPS) is 16.4. The molecule has 1 fully saturated rings. The number of aromatic hydroxyl groups is 1. The molecule has 1 heterocycles. The fourth-order valence-electron chi connectivity index (χ4n) is 2.46. The number of phenols is 1. The predicted octanol–water partition coefficient (Wildman–Crippen LogP) is 0.717. The van der Waals surface area contributed by atoms with Gasteiger partial charge in [-0.3, -0.25) is 4.79 Å². The van der Waals surface area contributed by atoms with E-state index in [-0.39, 0.29) is 16.5 Å². The Morgan fingerprint density at radius 3 is 2.75 bits per heavy atom. The summed E-state index contributed by atoms with van der Waals surface area (Å²) in [7, 11) is -4.09. The molecule has 10 heteroatoms. The van der Waals surface area contributed by atoms with Crippen molar-refractivity contribution in [2.45, 2.75) is 0 Å². The van der Waals surface area contributed by atoms with Crippen molar-refractivity contribution in [2.24, 2.45) is 5.73 Å². The summed E-state index contributed by atoms with van der Waals surface area (Å²) in [6.07, 6.45) is 0. The van der Waals surface area contributed by atoms with Gasteiger partial charge in [0.2, 0.25) is 0 Å². The number of hydrogen-bond donors (Lipinski definition) is 3. The number of carbonyl (C=O) groups excluding carboxylic acids is 1. The lowest BCUT2D eigenvalue weighted by molar-refractivity contribution is -0.117. The first kappa shape index (κ1) is 16.6. The number of hydrogen-bond acceptors (Lipinski definition) is 6. The Kier molecular flexibility index (Phi) is 4.16. The van der Waals surface area contributed by atoms with Crippen molar-refractivity contribution in [3.63, 3.8) is 0 Å². The molecular formula is C14H14ClN3O5S. The summed E-state index contributed by atoms with van der Waals surface area (Å²) in [5.74, 6) is -0.543. The molecule has 0 atom stereocenters. The molecule has 0 spiro atoms. The standard InChI is InChI=1S/C14H14ClN3O5S/c15-13-10-6-9(23-4-3-16)2-1-8(10)5-11(19)14(13)18-7-12(20)17-24(18,21)22/h1-2,5-6,19H,3-4,7,16H2,(H,17,20). The molecular weight excluding hydrogens is 358 g/mol. The first-order chi connectivity index (χ1) is 11.3. The zero-order valence-corrected chi connectivity index (χ0v) is 13.9. The molecule has 0 bridgehead atoms. The second-order valence-corrected chi connectivity index (χ2v) is 7.09. The molecule has 8 nitrogen and oxygen atoms in total. The lowest BCUT2D eigenvalue weighted by Gasteiger charge is -2.19. The maximum Gasteiger partial charge on any atom is 0.326 e. The third-order valence-electron chi connectivity index (χ3n) is 3.46. The maximum atomic E-state index is 12.0. The quantitative estimate of drug-likeness (QED) is 0.727. The predicted molar refractivity (Wildman–Crippen MR) is 89.6 cm³/mol. The summed E-state index contributed by atoms with van der Waals surface area (Å²) in [5, 5.41) is 11.3. The summed E-state index contributed by atoms with van der Waals surface area (Å²) in [6, 6.07) is 6.36. The first-order valence-corrected chi connectivity index (χ1v) is 8.76. The number of ether oxygens (including phenoxy) is 1. The minimum atomic E-state index is -4.09. The van der Waals surface area contributed by atoms with E-state index in [0.717, 1.165) is 4.31 Å². The molecule has 24 heavy (non-hydrogen) atoms. The topological polar surface area (TPSA) is 122 Å². The van der Waals surface area contributed by atoms with E-state index in [1.165, 1.54) is 6.07 Å².